The minimum Gasteiger partial charge on any atom is -0.494 e. The van der Waals surface area contributed by atoms with Crippen molar-refractivity contribution in [3.8, 4) is 5.75 Å². The molecule has 1 heterocycles. The molecule has 8 heteroatoms. The van der Waals surface area contributed by atoms with Crippen molar-refractivity contribution in [1.82, 2.24) is 16.2 Å². The lowest BCUT2D eigenvalue weighted by molar-refractivity contribution is -0.120. The number of ether oxygens (including phenoxy) is 1. The lowest BCUT2D eigenvalue weighted by Gasteiger charge is -2.08. The monoisotopic (exact) mass is 345 g/mol. The predicted molar refractivity (Wildman–Crippen MR) is 89.0 cm³/mol. The number of carbonyl (C=O) groups is 3. The number of rotatable bonds is 6. The molecule has 3 amide bonds. The van der Waals surface area contributed by atoms with E-state index in [0.29, 0.717) is 29.2 Å². The first-order valence-corrected chi connectivity index (χ1v) is 7.65. The maximum absolute atomic E-state index is 12.0. The minimum absolute atomic E-state index is 0.281. The molecule has 0 saturated heterocycles. The molecule has 2 rings (SSSR count). The van der Waals surface area contributed by atoms with E-state index < -0.39 is 17.7 Å². The van der Waals surface area contributed by atoms with Crippen LogP contribution in [0.5, 0.6) is 5.75 Å². The molecule has 3 N–H and O–H groups in total. The van der Waals surface area contributed by atoms with Crippen molar-refractivity contribution in [2.45, 2.75) is 13.8 Å². The molecule has 0 aliphatic rings. The number of nitrogens with one attached hydrogen (secondary N) is 3. The molecular formula is C17H19N3O5. The summed E-state index contributed by atoms with van der Waals surface area (Å²) in [6.07, 6.45) is 1.38. The van der Waals surface area contributed by atoms with Gasteiger partial charge in [0, 0.05) is 5.56 Å². The van der Waals surface area contributed by atoms with Crippen molar-refractivity contribution >= 4 is 17.7 Å². The molecule has 132 valence electrons. The van der Waals surface area contributed by atoms with Crippen molar-refractivity contribution in [3.05, 3.63) is 53.5 Å². The molecule has 0 aliphatic carbocycles. The van der Waals surface area contributed by atoms with E-state index in [0.717, 1.165) is 0 Å². The molecule has 1 aromatic heterocycles. The number of benzene rings is 1. The highest BCUT2D eigenvalue weighted by Gasteiger charge is 2.13. The Hall–Kier alpha value is -3.29. The molecule has 0 spiro atoms. The number of amides is 3. The van der Waals surface area contributed by atoms with E-state index >= 15 is 0 Å². The largest absolute Gasteiger partial charge is 0.494 e. The van der Waals surface area contributed by atoms with Crippen molar-refractivity contribution in [3.63, 3.8) is 0 Å². The molecule has 0 saturated carbocycles. The van der Waals surface area contributed by atoms with E-state index in [-0.39, 0.29) is 6.54 Å². The molecular weight excluding hydrogens is 326 g/mol. The van der Waals surface area contributed by atoms with Gasteiger partial charge in [-0.2, -0.15) is 0 Å². The first-order valence-electron chi connectivity index (χ1n) is 7.65. The second-order valence-corrected chi connectivity index (χ2v) is 5.03. The highest BCUT2D eigenvalue weighted by molar-refractivity contribution is 5.98. The Morgan fingerprint density at radius 1 is 1.04 bits per heavy atom. The molecule has 8 nitrogen and oxygen atoms in total. The molecule has 1 aromatic carbocycles. The Labute approximate surface area is 144 Å². The number of aryl methyl sites for hydroxylation is 1. The number of hydrazine groups is 1. The van der Waals surface area contributed by atoms with Gasteiger partial charge in [0.2, 0.25) is 0 Å². The van der Waals surface area contributed by atoms with Crippen LogP contribution in [-0.4, -0.2) is 30.9 Å². The van der Waals surface area contributed by atoms with Crippen molar-refractivity contribution < 1.29 is 23.5 Å². The van der Waals surface area contributed by atoms with Crippen LogP contribution in [0.2, 0.25) is 0 Å². The van der Waals surface area contributed by atoms with Crippen LogP contribution < -0.4 is 20.9 Å². The van der Waals surface area contributed by atoms with Gasteiger partial charge < -0.3 is 14.5 Å². The molecule has 0 bridgehead atoms. The second-order valence-electron chi connectivity index (χ2n) is 5.03. The SMILES string of the molecule is CCOc1ccc(C(=O)NCC(=O)NNC(=O)c2ccoc2C)cc1. The average molecular weight is 345 g/mol. The third kappa shape index (κ3) is 5.10. The van der Waals surface area contributed by atoms with Gasteiger partial charge in [-0.05, 0) is 44.2 Å². The number of furan rings is 1. The van der Waals surface area contributed by atoms with E-state index in [4.69, 9.17) is 9.15 Å². The Morgan fingerprint density at radius 3 is 2.36 bits per heavy atom. The lowest BCUT2D eigenvalue weighted by atomic mass is 10.2. The van der Waals surface area contributed by atoms with Crippen molar-refractivity contribution in [1.29, 1.82) is 0 Å². The van der Waals surface area contributed by atoms with Gasteiger partial charge in [-0.3, -0.25) is 25.2 Å². The van der Waals surface area contributed by atoms with Gasteiger partial charge in [0.1, 0.15) is 11.5 Å². The fourth-order valence-electron chi connectivity index (χ4n) is 1.99. The third-order valence-electron chi connectivity index (χ3n) is 3.26. The first-order chi connectivity index (χ1) is 12.0. The summed E-state index contributed by atoms with van der Waals surface area (Å²) < 4.78 is 10.3. The second kappa shape index (κ2) is 8.53. The van der Waals surface area contributed by atoms with Gasteiger partial charge in [-0.15, -0.1) is 0 Å². The first kappa shape index (κ1) is 18.1. The van der Waals surface area contributed by atoms with Crippen molar-refractivity contribution in [2.24, 2.45) is 0 Å². The lowest BCUT2D eigenvalue weighted by Crippen LogP contribution is -2.46. The Bertz CT molecular complexity index is 752. The smallest absolute Gasteiger partial charge is 0.273 e. The van der Waals surface area contributed by atoms with E-state index in [1.807, 2.05) is 6.92 Å². The molecule has 0 fully saturated rings. The third-order valence-corrected chi connectivity index (χ3v) is 3.26. The zero-order chi connectivity index (χ0) is 18.2. The Kier molecular flexibility index (Phi) is 6.16. The summed E-state index contributed by atoms with van der Waals surface area (Å²) in [6, 6.07) is 8.03. The Morgan fingerprint density at radius 2 is 1.76 bits per heavy atom. The van der Waals surface area contributed by atoms with Crippen LogP contribution in [0.4, 0.5) is 0 Å². The van der Waals surface area contributed by atoms with E-state index in [1.54, 1.807) is 31.2 Å². The van der Waals surface area contributed by atoms with Gasteiger partial charge in [0.25, 0.3) is 17.7 Å². The van der Waals surface area contributed by atoms with Crippen LogP contribution in [0.3, 0.4) is 0 Å². The average Bonchev–Trinajstić information content (AvgIpc) is 3.04. The van der Waals surface area contributed by atoms with Crippen LogP contribution in [0.1, 0.15) is 33.4 Å². The summed E-state index contributed by atoms with van der Waals surface area (Å²) >= 11 is 0. The molecule has 0 radical (unpaired) electrons. The molecule has 2 aromatic rings. The van der Waals surface area contributed by atoms with Gasteiger partial charge in [0.15, 0.2) is 0 Å². The number of hydrogen-bond donors (Lipinski definition) is 3. The molecule has 0 aliphatic heterocycles. The normalized spacial score (nSPS) is 10.0. The molecule has 0 atom stereocenters. The summed E-state index contributed by atoms with van der Waals surface area (Å²) in [5, 5.41) is 2.46. The predicted octanol–water partition coefficient (Wildman–Crippen LogP) is 1.18. The van der Waals surface area contributed by atoms with Gasteiger partial charge in [0.05, 0.1) is 25.0 Å². The van der Waals surface area contributed by atoms with Crippen LogP contribution in [-0.2, 0) is 4.79 Å². The quantitative estimate of drug-likeness (QED) is 0.681. The fourth-order valence-corrected chi connectivity index (χ4v) is 1.99. The van der Waals surface area contributed by atoms with E-state index in [1.165, 1.54) is 12.3 Å². The summed E-state index contributed by atoms with van der Waals surface area (Å²) in [5.74, 6) is -0.369. The number of hydrogen-bond acceptors (Lipinski definition) is 5. The summed E-state index contributed by atoms with van der Waals surface area (Å²) in [5.41, 5.74) is 5.18. The van der Waals surface area contributed by atoms with Crippen LogP contribution in [0.15, 0.2) is 41.0 Å². The maximum atomic E-state index is 12.0. The summed E-state index contributed by atoms with van der Waals surface area (Å²) in [4.78, 5) is 35.4. The van der Waals surface area contributed by atoms with Gasteiger partial charge in [-0.1, -0.05) is 0 Å². The number of carbonyl (C=O) groups excluding carboxylic acids is 3. The minimum atomic E-state index is -0.561. The van der Waals surface area contributed by atoms with Crippen LogP contribution in [0.25, 0.3) is 0 Å². The molecule has 25 heavy (non-hydrogen) atoms. The van der Waals surface area contributed by atoms with Crippen LogP contribution >= 0.6 is 0 Å². The zero-order valence-corrected chi connectivity index (χ0v) is 13.9. The summed E-state index contributed by atoms with van der Waals surface area (Å²) in [6.45, 7) is 3.76. The van der Waals surface area contributed by atoms with Crippen molar-refractivity contribution in [2.75, 3.05) is 13.2 Å². The fraction of sp³-hybridized carbons (Fsp3) is 0.235. The molecule has 0 unspecified atom stereocenters. The van der Waals surface area contributed by atoms with Gasteiger partial charge in [-0.25, -0.2) is 0 Å². The van der Waals surface area contributed by atoms with Gasteiger partial charge >= 0.3 is 0 Å². The van der Waals surface area contributed by atoms with E-state index in [9.17, 15) is 14.4 Å². The summed E-state index contributed by atoms with van der Waals surface area (Å²) in [7, 11) is 0. The topological polar surface area (TPSA) is 110 Å². The van der Waals surface area contributed by atoms with E-state index in [2.05, 4.69) is 16.2 Å². The highest BCUT2D eigenvalue weighted by Crippen LogP contribution is 2.11. The highest BCUT2D eigenvalue weighted by atomic mass is 16.5. The zero-order valence-electron chi connectivity index (χ0n) is 13.9. The Balaban J connectivity index is 1.76. The standard InChI is InChI=1S/C17H19N3O5/c1-3-24-13-6-4-12(5-7-13)16(22)18-10-15(21)19-20-17(23)14-8-9-25-11(14)2/h4-9H,3,10H2,1-2H3,(H,18,22)(H,19,21)(H,20,23). The maximum Gasteiger partial charge on any atom is 0.273 e. The van der Waals surface area contributed by atoms with Crippen LogP contribution in [0, 0.1) is 6.92 Å².